The molecule has 132 valence electrons. The van der Waals surface area contributed by atoms with Crippen molar-refractivity contribution in [3.8, 4) is 0 Å². The second-order valence-corrected chi connectivity index (χ2v) is 6.05. The summed E-state index contributed by atoms with van der Waals surface area (Å²) < 4.78 is 38.8. The molecule has 0 radical (unpaired) electrons. The minimum Gasteiger partial charge on any atom is -0.372 e. The van der Waals surface area contributed by atoms with Crippen LogP contribution in [0.1, 0.15) is 30.4 Å². The van der Waals surface area contributed by atoms with Gasteiger partial charge in [-0.1, -0.05) is 24.3 Å². The molecule has 0 unspecified atom stereocenters. The molecular formula is C19H20F3N3. The largest absolute Gasteiger partial charge is 0.418 e. The van der Waals surface area contributed by atoms with Crippen LogP contribution in [0.15, 0.2) is 53.6 Å². The summed E-state index contributed by atoms with van der Waals surface area (Å²) in [4.78, 5) is 2.35. The zero-order valence-corrected chi connectivity index (χ0v) is 13.8. The van der Waals surface area contributed by atoms with E-state index >= 15 is 0 Å². The van der Waals surface area contributed by atoms with Gasteiger partial charge in [0.2, 0.25) is 0 Å². The average Bonchev–Trinajstić information content (AvgIpc) is 2.63. The SMILES string of the molecule is FC(F)(F)c1ccccc1NN=Cc1ccc(N2CCCCC2)cc1. The second kappa shape index (κ2) is 7.59. The first-order valence-corrected chi connectivity index (χ1v) is 8.34. The third-order valence-electron chi connectivity index (χ3n) is 4.25. The number of rotatable bonds is 4. The number of para-hydroxylation sites is 1. The molecule has 3 nitrogen and oxygen atoms in total. The van der Waals surface area contributed by atoms with Gasteiger partial charge < -0.3 is 4.90 Å². The molecule has 0 spiro atoms. The van der Waals surface area contributed by atoms with Gasteiger partial charge in [-0.25, -0.2) is 0 Å². The summed E-state index contributed by atoms with van der Waals surface area (Å²) in [7, 11) is 0. The van der Waals surface area contributed by atoms with Gasteiger partial charge in [0.1, 0.15) is 0 Å². The van der Waals surface area contributed by atoms with Crippen molar-refractivity contribution in [3.05, 3.63) is 59.7 Å². The Bertz CT molecular complexity index is 717. The fourth-order valence-corrected chi connectivity index (χ4v) is 2.93. The number of anilines is 2. The molecule has 0 saturated carbocycles. The van der Waals surface area contributed by atoms with Gasteiger partial charge in [-0.2, -0.15) is 18.3 Å². The van der Waals surface area contributed by atoms with Gasteiger partial charge in [0.05, 0.1) is 17.5 Å². The Morgan fingerprint density at radius 1 is 0.920 bits per heavy atom. The molecule has 1 N–H and O–H groups in total. The zero-order chi connectivity index (χ0) is 17.7. The highest BCUT2D eigenvalue weighted by Crippen LogP contribution is 2.34. The lowest BCUT2D eigenvalue weighted by Gasteiger charge is -2.28. The molecule has 0 bridgehead atoms. The minimum atomic E-state index is -4.41. The first-order chi connectivity index (χ1) is 12.0. The average molecular weight is 347 g/mol. The van der Waals surface area contributed by atoms with Gasteiger partial charge >= 0.3 is 6.18 Å². The molecule has 1 aliphatic rings. The Morgan fingerprint density at radius 2 is 1.60 bits per heavy atom. The lowest BCUT2D eigenvalue weighted by Crippen LogP contribution is -2.29. The second-order valence-electron chi connectivity index (χ2n) is 6.05. The molecule has 3 rings (SSSR count). The van der Waals surface area contributed by atoms with Gasteiger partial charge in [0.25, 0.3) is 0 Å². The van der Waals surface area contributed by atoms with Crippen molar-refractivity contribution in [1.82, 2.24) is 0 Å². The lowest BCUT2D eigenvalue weighted by molar-refractivity contribution is -0.136. The summed E-state index contributed by atoms with van der Waals surface area (Å²) in [5.41, 5.74) is 3.70. The molecule has 6 heteroatoms. The van der Waals surface area contributed by atoms with E-state index < -0.39 is 11.7 Å². The van der Waals surface area contributed by atoms with Crippen molar-refractivity contribution >= 4 is 17.6 Å². The third-order valence-corrected chi connectivity index (χ3v) is 4.25. The molecule has 1 fully saturated rings. The van der Waals surface area contributed by atoms with Crippen molar-refractivity contribution in [2.45, 2.75) is 25.4 Å². The number of nitrogens with one attached hydrogen (secondary N) is 1. The molecule has 2 aromatic rings. The quantitative estimate of drug-likeness (QED) is 0.612. The maximum Gasteiger partial charge on any atom is 0.418 e. The van der Waals surface area contributed by atoms with E-state index in [1.807, 2.05) is 24.3 Å². The predicted molar refractivity (Wildman–Crippen MR) is 95.2 cm³/mol. The standard InChI is InChI=1S/C19H20F3N3/c20-19(21,22)17-6-2-3-7-18(17)24-23-14-15-8-10-16(11-9-15)25-12-4-1-5-13-25/h2-3,6-11,14,24H,1,4-5,12-13H2. The van der Waals surface area contributed by atoms with Crippen LogP contribution >= 0.6 is 0 Å². The highest BCUT2D eigenvalue weighted by Gasteiger charge is 2.33. The Balaban J connectivity index is 1.65. The number of hydrogen-bond acceptors (Lipinski definition) is 3. The number of nitrogens with zero attached hydrogens (tertiary/aromatic N) is 2. The molecule has 25 heavy (non-hydrogen) atoms. The summed E-state index contributed by atoms with van der Waals surface area (Å²) in [6.45, 7) is 2.15. The molecule has 0 aliphatic carbocycles. The Morgan fingerprint density at radius 3 is 2.28 bits per heavy atom. The summed E-state index contributed by atoms with van der Waals surface area (Å²) in [5.74, 6) is 0. The molecular weight excluding hydrogens is 327 g/mol. The zero-order valence-electron chi connectivity index (χ0n) is 13.8. The van der Waals surface area contributed by atoms with Gasteiger partial charge in [0, 0.05) is 18.8 Å². The number of piperidine rings is 1. The van der Waals surface area contributed by atoms with Crippen molar-refractivity contribution < 1.29 is 13.2 Å². The highest BCUT2D eigenvalue weighted by atomic mass is 19.4. The number of hydrazone groups is 1. The van der Waals surface area contributed by atoms with Crippen LogP contribution in [-0.2, 0) is 6.18 Å². The maximum atomic E-state index is 12.9. The van der Waals surface area contributed by atoms with Crippen LogP contribution in [-0.4, -0.2) is 19.3 Å². The lowest BCUT2D eigenvalue weighted by atomic mass is 10.1. The van der Waals surface area contributed by atoms with Crippen molar-refractivity contribution in [1.29, 1.82) is 0 Å². The molecule has 0 atom stereocenters. The number of benzene rings is 2. The van der Waals surface area contributed by atoms with Crippen molar-refractivity contribution in [3.63, 3.8) is 0 Å². The van der Waals surface area contributed by atoms with E-state index in [1.54, 1.807) is 6.07 Å². The molecule has 1 aliphatic heterocycles. The number of halogens is 3. The Hall–Kier alpha value is -2.50. The van der Waals surface area contributed by atoms with E-state index in [4.69, 9.17) is 0 Å². The van der Waals surface area contributed by atoms with Crippen LogP contribution < -0.4 is 10.3 Å². The van der Waals surface area contributed by atoms with E-state index in [2.05, 4.69) is 15.4 Å². The molecule has 0 aromatic heterocycles. The van der Waals surface area contributed by atoms with Crippen molar-refractivity contribution in [2.75, 3.05) is 23.4 Å². The summed E-state index contributed by atoms with van der Waals surface area (Å²) in [5, 5.41) is 3.94. The van der Waals surface area contributed by atoms with Gasteiger partial charge in [-0.15, -0.1) is 0 Å². The van der Waals surface area contributed by atoms with E-state index in [9.17, 15) is 13.2 Å². The monoisotopic (exact) mass is 347 g/mol. The minimum absolute atomic E-state index is 0.0591. The van der Waals surface area contributed by atoms with Gasteiger partial charge in [0.15, 0.2) is 0 Å². The molecule has 1 saturated heterocycles. The third kappa shape index (κ3) is 4.53. The van der Waals surface area contributed by atoms with Crippen LogP contribution in [0.4, 0.5) is 24.5 Å². The van der Waals surface area contributed by atoms with E-state index in [0.29, 0.717) is 0 Å². The van der Waals surface area contributed by atoms with E-state index in [-0.39, 0.29) is 5.69 Å². The van der Waals surface area contributed by atoms with E-state index in [1.165, 1.54) is 43.3 Å². The first kappa shape index (κ1) is 17.3. The first-order valence-electron chi connectivity index (χ1n) is 8.34. The fourth-order valence-electron chi connectivity index (χ4n) is 2.93. The van der Waals surface area contributed by atoms with Crippen LogP contribution in [0.5, 0.6) is 0 Å². The summed E-state index contributed by atoms with van der Waals surface area (Å²) >= 11 is 0. The van der Waals surface area contributed by atoms with Gasteiger partial charge in [-0.3, -0.25) is 5.43 Å². The molecule has 2 aromatic carbocycles. The van der Waals surface area contributed by atoms with Crippen LogP contribution in [0.2, 0.25) is 0 Å². The van der Waals surface area contributed by atoms with Crippen LogP contribution in [0.3, 0.4) is 0 Å². The molecule has 1 heterocycles. The normalized spacial score (nSPS) is 15.6. The number of hydrogen-bond donors (Lipinski definition) is 1. The summed E-state index contributed by atoms with van der Waals surface area (Å²) in [6, 6.07) is 13.2. The van der Waals surface area contributed by atoms with E-state index in [0.717, 1.165) is 24.7 Å². The maximum absolute atomic E-state index is 12.9. The molecule has 0 amide bonds. The van der Waals surface area contributed by atoms with Gasteiger partial charge in [-0.05, 0) is 49.1 Å². The van der Waals surface area contributed by atoms with Crippen LogP contribution in [0.25, 0.3) is 0 Å². The van der Waals surface area contributed by atoms with Crippen LogP contribution in [0, 0.1) is 0 Å². The highest BCUT2D eigenvalue weighted by molar-refractivity contribution is 5.81. The smallest absolute Gasteiger partial charge is 0.372 e. The predicted octanol–water partition coefficient (Wildman–Crippen LogP) is 5.14. The van der Waals surface area contributed by atoms with Crippen molar-refractivity contribution in [2.24, 2.45) is 5.10 Å². The Kier molecular flexibility index (Phi) is 5.26. The fraction of sp³-hybridized carbons (Fsp3) is 0.316. The number of alkyl halides is 3. The topological polar surface area (TPSA) is 27.6 Å². The summed E-state index contributed by atoms with van der Waals surface area (Å²) in [6.07, 6.45) is 0.826. The Labute approximate surface area is 145 Å².